The van der Waals surface area contributed by atoms with Crippen molar-refractivity contribution in [1.29, 1.82) is 0 Å². The number of aromatic nitrogens is 1. The van der Waals surface area contributed by atoms with E-state index in [4.69, 9.17) is 21.1 Å². The van der Waals surface area contributed by atoms with E-state index >= 15 is 0 Å². The Morgan fingerprint density at radius 1 is 1.13 bits per heavy atom. The molecule has 1 aromatic heterocycles. The van der Waals surface area contributed by atoms with Gasteiger partial charge in [-0.1, -0.05) is 37.6 Å². The number of pyridine rings is 1. The molecular formula is C24H28ClN3O3. The minimum atomic E-state index is -0.232. The fraction of sp³-hybridized carbons (Fsp3) is 0.333. The van der Waals surface area contributed by atoms with Crippen molar-refractivity contribution in [3.63, 3.8) is 0 Å². The van der Waals surface area contributed by atoms with Gasteiger partial charge in [-0.15, -0.1) is 0 Å². The first kappa shape index (κ1) is 22.8. The van der Waals surface area contributed by atoms with Crippen molar-refractivity contribution >= 4 is 28.4 Å². The molecule has 1 N–H and O–H groups in total. The number of ether oxygens (including phenoxy) is 2. The van der Waals surface area contributed by atoms with E-state index in [1.807, 2.05) is 30.3 Å². The number of carbonyl (C=O) groups excluding carboxylic acids is 1. The van der Waals surface area contributed by atoms with Crippen molar-refractivity contribution in [1.82, 2.24) is 15.2 Å². The average molecular weight is 442 g/mol. The number of nitrogens with one attached hydrogen (secondary N) is 1. The lowest BCUT2D eigenvalue weighted by molar-refractivity contribution is 0.0952. The number of amides is 1. The Hall–Kier alpha value is -2.83. The van der Waals surface area contributed by atoms with Gasteiger partial charge in [0.05, 0.1) is 18.2 Å². The van der Waals surface area contributed by atoms with Crippen LogP contribution in [0.5, 0.6) is 11.5 Å². The highest BCUT2D eigenvalue weighted by Crippen LogP contribution is 2.28. The summed E-state index contributed by atoms with van der Waals surface area (Å²) >= 11 is 6.18. The molecular weight excluding hydrogens is 414 g/mol. The molecule has 0 unspecified atom stereocenters. The number of hydrogen-bond acceptors (Lipinski definition) is 5. The Balaban J connectivity index is 1.66. The maximum atomic E-state index is 12.8. The van der Waals surface area contributed by atoms with Gasteiger partial charge >= 0.3 is 0 Å². The Bertz CT molecular complexity index is 1040. The lowest BCUT2D eigenvalue weighted by Crippen LogP contribution is -2.28. The second-order valence-corrected chi connectivity index (χ2v) is 7.51. The van der Waals surface area contributed by atoms with Gasteiger partial charge in [0.25, 0.3) is 5.91 Å². The van der Waals surface area contributed by atoms with Gasteiger partial charge in [0.2, 0.25) is 0 Å². The maximum absolute atomic E-state index is 12.8. The van der Waals surface area contributed by atoms with Crippen molar-refractivity contribution in [3.05, 3.63) is 64.8 Å². The summed E-state index contributed by atoms with van der Waals surface area (Å²) < 4.78 is 11.4. The molecule has 31 heavy (non-hydrogen) atoms. The number of benzene rings is 2. The predicted molar refractivity (Wildman–Crippen MR) is 124 cm³/mol. The summed E-state index contributed by atoms with van der Waals surface area (Å²) in [4.78, 5) is 19.4. The lowest BCUT2D eigenvalue weighted by atomic mass is 10.1. The van der Waals surface area contributed by atoms with Crippen molar-refractivity contribution in [2.45, 2.75) is 20.4 Å². The molecule has 0 bridgehead atoms. The summed E-state index contributed by atoms with van der Waals surface area (Å²) in [7, 11) is 1.61. The van der Waals surface area contributed by atoms with Gasteiger partial charge in [0, 0.05) is 29.7 Å². The van der Waals surface area contributed by atoms with Crippen molar-refractivity contribution < 1.29 is 14.3 Å². The Labute approximate surface area is 188 Å². The van der Waals surface area contributed by atoms with Crippen LogP contribution in [-0.2, 0) is 6.54 Å². The quantitative estimate of drug-likeness (QED) is 0.500. The molecule has 0 radical (unpaired) electrons. The summed E-state index contributed by atoms with van der Waals surface area (Å²) in [6.45, 7) is 8.04. The van der Waals surface area contributed by atoms with Crippen LogP contribution in [-0.4, -0.2) is 49.1 Å². The fourth-order valence-electron chi connectivity index (χ4n) is 3.37. The van der Waals surface area contributed by atoms with Gasteiger partial charge in [-0.05, 0) is 49.0 Å². The highest BCUT2D eigenvalue weighted by molar-refractivity contribution is 6.32. The molecule has 0 saturated heterocycles. The SMILES string of the molecule is CCN(CC)CCOc1ccc(CNC(=O)c2cc(Cl)cc3cccnc23)cc1OC. The molecule has 0 fully saturated rings. The molecule has 3 aromatic rings. The summed E-state index contributed by atoms with van der Waals surface area (Å²) in [5.74, 6) is 1.10. The van der Waals surface area contributed by atoms with Crippen LogP contribution in [0.15, 0.2) is 48.7 Å². The van der Waals surface area contributed by atoms with E-state index in [1.165, 1.54) is 0 Å². The van der Waals surface area contributed by atoms with E-state index in [1.54, 1.807) is 25.4 Å². The van der Waals surface area contributed by atoms with Gasteiger partial charge in [-0.25, -0.2) is 0 Å². The number of fused-ring (bicyclic) bond motifs is 1. The molecule has 0 aliphatic rings. The van der Waals surface area contributed by atoms with E-state index in [0.717, 1.165) is 30.6 Å². The zero-order valence-corrected chi connectivity index (χ0v) is 18.9. The van der Waals surface area contributed by atoms with Gasteiger partial charge in [0.1, 0.15) is 6.61 Å². The Morgan fingerprint density at radius 2 is 1.94 bits per heavy atom. The summed E-state index contributed by atoms with van der Waals surface area (Å²) in [5.41, 5.74) is 1.98. The normalized spacial score (nSPS) is 11.0. The van der Waals surface area contributed by atoms with Crippen LogP contribution >= 0.6 is 11.6 Å². The molecule has 1 amide bonds. The largest absolute Gasteiger partial charge is 0.493 e. The number of rotatable bonds is 10. The molecule has 0 aliphatic heterocycles. The Morgan fingerprint density at radius 3 is 2.68 bits per heavy atom. The van der Waals surface area contributed by atoms with E-state index in [9.17, 15) is 4.79 Å². The zero-order chi connectivity index (χ0) is 22.2. The number of carbonyl (C=O) groups is 1. The van der Waals surface area contributed by atoms with E-state index in [0.29, 0.717) is 40.8 Å². The first-order valence-corrected chi connectivity index (χ1v) is 10.8. The highest BCUT2D eigenvalue weighted by Gasteiger charge is 2.13. The second kappa shape index (κ2) is 11.0. The minimum absolute atomic E-state index is 0.232. The lowest BCUT2D eigenvalue weighted by Gasteiger charge is -2.19. The van der Waals surface area contributed by atoms with Crippen LogP contribution in [0.25, 0.3) is 10.9 Å². The van der Waals surface area contributed by atoms with E-state index < -0.39 is 0 Å². The van der Waals surface area contributed by atoms with Crippen LogP contribution in [0.3, 0.4) is 0 Å². The number of likely N-dealkylation sites (N-methyl/N-ethyl adjacent to an activating group) is 1. The van der Waals surface area contributed by atoms with Crippen LogP contribution in [0.1, 0.15) is 29.8 Å². The molecule has 6 nitrogen and oxygen atoms in total. The van der Waals surface area contributed by atoms with Crippen molar-refractivity contribution in [3.8, 4) is 11.5 Å². The fourth-order valence-corrected chi connectivity index (χ4v) is 3.60. The molecule has 0 aliphatic carbocycles. The topological polar surface area (TPSA) is 63.7 Å². The molecule has 7 heteroatoms. The van der Waals surface area contributed by atoms with Gasteiger partial charge in [-0.3, -0.25) is 9.78 Å². The smallest absolute Gasteiger partial charge is 0.253 e. The van der Waals surface area contributed by atoms with E-state index in [2.05, 4.69) is 29.0 Å². The first-order chi connectivity index (χ1) is 15.0. The molecule has 3 rings (SSSR count). The highest BCUT2D eigenvalue weighted by atomic mass is 35.5. The number of nitrogens with zero attached hydrogens (tertiary/aromatic N) is 2. The summed E-state index contributed by atoms with van der Waals surface area (Å²) in [6, 6.07) is 12.8. The van der Waals surface area contributed by atoms with Crippen LogP contribution < -0.4 is 14.8 Å². The van der Waals surface area contributed by atoms with Gasteiger partial charge in [-0.2, -0.15) is 0 Å². The third-order valence-electron chi connectivity index (χ3n) is 5.15. The Kier molecular flexibility index (Phi) is 8.09. The minimum Gasteiger partial charge on any atom is -0.493 e. The van der Waals surface area contributed by atoms with Crippen molar-refractivity contribution in [2.24, 2.45) is 0 Å². The standard InChI is InChI=1S/C24H28ClN3O3/c1-4-28(5-2)11-12-31-21-9-8-17(13-22(21)30-3)16-27-24(29)20-15-19(25)14-18-7-6-10-26-23(18)20/h6-10,13-15H,4-5,11-12,16H2,1-3H3,(H,27,29). The van der Waals surface area contributed by atoms with E-state index in [-0.39, 0.29) is 5.91 Å². The molecule has 0 saturated carbocycles. The molecule has 0 atom stereocenters. The maximum Gasteiger partial charge on any atom is 0.253 e. The number of methoxy groups -OCH3 is 1. The van der Waals surface area contributed by atoms with Crippen LogP contribution in [0, 0.1) is 0 Å². The van der Waals surface area contributed by atoms with Gasteiger partial charge in [0.15, 0.2) is 11.5 Å². The molecule has 1 heterocycles. The van der Waals surface area contributed by atoms with Crippen molar-refractivity contribution in [2.75, 3.05) is 33.4 Å². The summed E-state index contributed by atoms with van der Waals surface area (Å²) in [6.07, 6.45) is 1.66. The zero-order valence-electron chi connectivity index (χ0n) is 18.2. The first-order valence-electron chi connectivity index (χ1n) is 10.4. The molecule has 0 spiro atoms. The monoisotopic (exact) mass is 441 g/mol. The third kappa shape index (κ3) is 5.87. The number of halogens is 1. The molecule has 164 valence electrons. The van der Waals surface area contributed by atoms with Crippen LogP contribution in [0.4, 0.5) is 0 Å². The number of hydrogen-bond donors (Lipinski definition) is 1. The van der Waals surface area contributed by atoms with Crippen LogP contribution in [0.2, 0.25) is 5.02 Å². The predicted octanol–water partition coefficient (Wildman–Crippen LogP) is 4.55. The van der Waals surface area contributed by atoms with Gasteiger partial charge < -0.3 is 19.7 Å². The molecule has 2 aromatic carbocycles. The average Bonchev–Trinajstić information content (AvgIpc) is 2.80. The third-order valence-corrected chi connectivity index (χ3v) is 5.37. The summed E-state index contributed by atoms with van der Waals surface area (Å²) in [5, 5.41) is 4.26. The second-order valence-electron chi connectivity index (χ2n) is 7.07.